The number of carbonyl (C=O) groups is 1. The van der Waals surface area contributed by atoms with Gasteiger partial charge in [0, 0.05) is 18.4 Å². The number of nitrogens with zero attached hydrogens (tertiary/aromatic N) is 2. The van der Waals surface area contributed by atoms with Crippen LogP contribution in [0.15, 0.2) is 18.5 Å². The minimum atomic E-state index is -0.128. The minimum Gasteiger partial charge on any atom is -0.349 e. The fourth-order valence-electron chi connectivity index (χ4n) is 1.96. The maximum absolute atomic E-state index is 11.8. The fourth-order valence-corrected chi connectivity index (χ4v) is 1.96. The van der Waals surface area contributed by atoms with E-state index >= 15 is 0 Å². The number of amides is 1. The summed E-state index contributed by atoms with van der Waals surface area (Å²) in [5, 5.41) is 11.7. The first-order valence-electron chi connectivity index (χ1n) is 5.45. The molecule has 0 aromatic carbocycles. The third-order valence-corrected chi connectivity index (χ3v) is 2.82. The first-order chi connectivity index (χ1) is 7.79. The largest absolute Gasteiger partial charge is 0.349 e. The van der Waals surface area contributed by atoms with Gasteiger partial charge in [-0.15, -0.1) is 0 Å². The lowest BCUT2D eigenvalue weighted by Gasteiger charge is -2.11. The molecule has 1 saturated carbocycles. The number of pyridine rings is 1. The summed E-state index contributed by atoms with van der Waals surface area (Å²) in [6, 6.07) is 3.83. The number of hydrogen-bond donors (Lipinski definition) is 1. The summed E-state index contributed by atoms with van der Waals surface area (Å²) in [6.07, 6.45) is 7.41. The van der Waals surface area contributed by atoms with Crippen LogP contribution in [0, 0.1) is 11.3 Å². The summed E-state index contributed by atoms with van der Waals surface area (Å²) >= 11 is 0. The van der Waals surface area contributed by atoms with Gasteiger partial charge in [-0.1, -0.05) is 12.8 Å². The average Bonchev–Trinajstić information content (AvgIpc) is 2.82. The van der Waals surface area contributed by atoms with Crippen LogP contribution >= 0.6 is 0 Å². The molecule has 4 heteroatoms. The second-order valence-corrected chi connectivity index (χ2v) is 4.03. The van der Waals surface area contributed by atoms with Gasteiger partial charge in [-0.3, -0.25) is 9.78 Å². The number of hydrogen-bond acceptors (Lipinski definition) is 3. The van der Waals surface area contributed by atoms with Crippen molar-refractivity contribution in [2.24, 2.45) is 0 Å². The van der Waals surface area contributed by atoms with Crippen molar-refractivity contribution in [1.82, 2.24) is 10.3 Å². The normalized spacial score (nSPS) is 15.7. The van der Waals surface area contributed by atoms with Gasteiger partial charge < -0.3 is 5.32 Å². The van der Waals surface area contributed by atoms with Crippen LogP contribution in [-0.4, -0.2) is 16.9 Å². The third-order valence-electron chi connectivity index (χ3n) is 2.82. The molecule has 1 heterocycles. The first-order valence-corrected chi connectivity index (χ1v) is 5.45. The van der Waals surface area contributed by atoms with Crippen LogP contribution in [0.2, 0.25) is 0 Å². The molecule has 0 unspecified atom stereocenters. The molecule has 0 bridgehead atoms. The van der Waals surface area contributed by atoms with E-state index < -0.39 is 0 Å². The predicted octanol–water partition coefficient (Wildman–Crippen LogP) is 1.63. The Bertz CT molecular complexity index is 430. The van der Waals surface area contributed by atoms with Gasteiger partial charge in [-0.25, -0.2) is 0 Å². The molecule has 1 fully saturated rings. The maximum atomic E-state index is 11.8. The van der Waals surface area contributed by atoms with Gasteiger partial charge in [0.25, 0.3) is 5.91 Å². The summed E-state index contributed by atoms with van der Waals surface area (Å²) in [7, 11) is 0. The van der Waals surface area contributed by atoms with E-state index in [-0.39, 0.29) is 5.91 Å². The molecular formula is C12H13N3O. The molecule has 0 radical (unpaired) electrons. The molecule has 1 aromatic heterocycles. The van der Waals surface area contributed by atoms with E-state index in [1.165, 1.54) is 25.2 Å². The summed E-state index contributed by atoms with van der Waals surface area (Å²) < 4.78 is 0. The van der Waals surface area contributed by atoms with Crippen LogP contribution in [0.4, 0.5) is 0 Å². The lowest BCUT2D eigenvalue weighted by atomic mass is 10.2. The van der Waals surface area contributed by atoms with Crippen molar-refractivity contribution in [3.63, 3.8) is 0 Å². The van der Waals surface area contributed by atoms with Crippen LogP contribution in [0.3, 0.4) is 0 Å². The first kappa shape index (κ1) is 10.6. The second-order valence-electron chi connectivity index (χ2n) is 4.03. The van der Waals surface area contributed by atoms with E-state index in [0.717, 1.165) is 12.8 Å². The Morgan fingerprint density at radius 3 is 2.88 bits per heavy atom. The molecule has 0 spiro atoms. The standard InChI is InChI=1S/C12H13N3O/c13-6-9-5-10(8-14-7-9)12(16)15-11-3-1-2-4-11/h5,7-8,11H,1-4H2,(H,15,16). The van der Waals surface area contributed by atoms with Crippen molar-refractivity contribution < 1.29 is 4.79 Å². The fraction of sp³-hybridized carbons (Fsp3) is 0.417. The van der Waals surface area contributed by atoms with Crippen LogP contribution in [0.1, 0.15) is 41.6 Å². The summed E-state index contributed by atoms with van der Waals surface area (Å²) in [5.74, 6) is -0.128. The lowest BCUT2D eigenvalue weighted by Crippen LogP contribution is -2.32. The summed E-state index contributed by atoms with van der Waals surface area (Å²) in [4.78, 5) is 15.7. The Hall–Kier alpha value is -1.89. The number of nitrogens with one attached hydrogen (secondary N) is 1. The average molecular weight is 215 g/mol. The highest BCUT2D eigenvalue weighted by molar-refractivity contribution is 5.94. The quantitative estimate of drug-likeness (QED) is 0.815. The van der Waals surface area contributed by atoms with Gasteiger partial charge in [0.05, 0.1) is 11.1 Å². The van der Waals surface area contributed by atoms with Gasteiger partial charge >= 0.3 is 0 Å². The molecule has 0 saturated heterocycles. The van der Waals surface area contributed by atoms with E-state index in [4.69, 9.17) is 5.26 Å². The molecule has 1 aromatic rings. The Kier molecular flexibility index (Phi) is 3.16. The van der Waals surface area contributed by atoms with Gasteiger partial charge in [-0.05, 0) is 18.9 Å². The molecule has 2 rings (SSSR count). The molecule has 0 aliphatic heterocycles. The van der Waals surface area contributed by atoms with E-state index in [2.05, 4.69) is 10.3 Å². The van der Waals surface area contributed by atoms with Crippen molar-refractivity contribution in [2.75, 3.05) is 0 Å². The Balaban J connectivity index is 2.05. The van der Waals surface area contributed by atoms with Crippen molar-refractivity contribution in [2.45, 2.75) is 31.7 Å². The zero-order valence-electron chi connectivity index (χ0n) is 8.94. The highest BCUT2D eigenvalue weighted by Crippen LogP contribution is 2.18. The number of carbonyl (C=O) groups excluding carboxylic acids is 1. The van der Waals surface area contributed by atoms with Crippen LogP contribution in [0.25, 0.3) is 0 Å². The summed E-state index contributed by atoms with van der Waals surface area (Å²) in [6.45, 7) is 0. The van der Waals surface area contributed by atoms with E-state index in [9.17, 15) is 4.79 Å². The molecule has 4 nitrogen and oxygen atoms in total. The molecule has 1 aliphatic rings. The lowest BCUT2D eigenvalue weighted by molar-refractivity contribution is 0.0937. The highest BCUT2D eigenvalue weighted by atomic mass is 16.1. The minimum absolute atomic E-state index is 0.128. The summed E-state index contributed by atoms with van der Waals surface area (Å²) in [5.41, 5.74) is 0.880. The molecular weight excluding hydrogens is 202 g/mol. The molecule has 0 atom stereocenters. The predicted molar refractivity (Wildman–Crippen MR) is 58.7 cm³/mol. The highest BCUT2D eigenvalue weighted by Gasteiger charge is 2.18. The van der Waals surface area contributed by atoms with Gasteiger partial charge in [-0.2, -0.15) is 5.26 Å². The van der Waals surface area contributed by atoms with Gasteiger partial charge in [0.1, 0.15) is 6.07 Å². The van der Waals surface area contributed by atoms with E-state index in [0.29, 0.717) is 17.2 Å². The van der Waals surface area contributed by atoms with Crippen molar-refractivity contribution in [1.29, 1.82) is 5.26 Å². The number of aromatic nitrogens is 1. The monoisotopic (exact) mass is 215 g/mol. The van der Waals surface area contributed by atoms with Crippen molar-refractivity contribution in [3.05, 3.63) is 29.6 Å². The zero-order valence-corrected chi connectivity index (χ0v) is 8.94. The van der Waals surface area contributed by atoms with Crippen molar-refractivity contribution in [3.8, 4) is 6.07 Å². The third kappa shape index (κ3) is 2.37. The van der Waals surface area contributed by atoms with Gasteiger partial charge in [0.15, 0.2) is 0 Å². The smallest absolute Gasteiger partial charge is 0.253 e. The molecule has 16 heavy (non-hydrogen) atoms. The van der Waals surface area contributed by atoms with Crippen LogP contribution in [-0.2, 0) is 0 Å². The van der Waals surface area contributed by atoms with Gasteiger partial charge in [0.2, 0.25) is 0 Å². The number of rotatable bonds is 2. The molecule has 82 valence electrons. The van der Waals surface area contributed by atoms with Crippen molar-refractivity contribution >= 4 is 5.91 Å². The Morgan fingerprint density at radius 2 is 2.19 bits per heavy atom. The number of nitriles is 1. The van der Waals surface area contributed by atoms with Crippen LogP contribution in [0.5, 0.6) is 0 Å². The SMILES string of the molecule is N#Cc1cncc(C(=O)NC2CCCC2)c1. The second kappa shape index (κ2) is 4.75. The van der Waals surface area contributed by atoms with Crippen LogP contribution < -0.4 is 5.32 Å². The van der Waals surface area contributed by atoms with E-state index in [1.807, 2.05) is 6.07 Å². The topological polar surface area (TPSA) is 65.8 Å². The molecule has 1 aliphatic carbocycles. The molecule has 1 N–H and O–H groups in total. The van der Waals surface area contributed by atoms with E-state index in [1.54, 1.807) is 6.07 Å². The Labute approximate surface area is 94.3 Å². The molecule has 1 amide bonds. The Morgan fingerprint density at radius 1 is 1.44 bits per heavy atom. The zero-order chi connectivity index (χ0) is 11.4. The maximum Gasteiger partial charge on any atom is 0.253 e.